The number of nitrogens with one attached hydrogen (secondary N) is 1. The van der Waals surface area contributed by atoms with E-state index in [-0.39, 0.29) is 6.42 Å². The average molecular weight is 345 g/mol. The molecule has 0 saturated heterocycles. The lowest BCUT2D eigenvalue weighted by atomic mass is 10.2. The zero-order chi connectivity index (χ0) is 15.2. The molecular formula is C14H14Cl2N2O2S. The second kappa shape index (κ2) is 7.75. The summed E-state index contributed by atoms with van der Waals surface area (Å²) in [5, 5.41) is 15.8. The molecule has 2 aromatic rings. The number of carboxylic acid groups (broad SMARTS) is 1. The van der Waals surface area contributed by atoms with Crippen molar-refractivity contribution in [1.29, 1.82) is 0 Å². The summed E-state index contributed by atoms with van der Waals surface area (Å²) < 4.78 is 0. The van der Waals surface area contributed by atoms with Crippen LogP contribution in [0, 0.1) is 0 Å². The molecule has 0 fully saturated rings. The van der Waals surface area contributed by atoms with Gasteiger partial charge < -0.3 is 10.4 Å². The lowest BCUT2D eigenvalue weighted by molar-refractivity contribution is -0.137. The van der Waals surface area contributed by atoms with E-state index in [4.69, 9.17) is 28.3 Å². The third-order valence-electron chi connectivity index (χ3n) is 2.78. The molecule has 4 nitrogen and oxygen atoms in total. The number of benzene rings is 1. The van der Waals surface area contributed by atoms with Crippen molar-refractivity contribution >= 4 is 40.5 Å². The first-order chi connectivity index (χ1) is 10.1. The van der Waals surface area contributed by atoms with Gasteiger partial charge in [0.1, 0.15) is 5.01 Å². The Hall–Kier alpha value is -1.14. The van der Waals surface area contributed by atoms with Crippen LogP contribution in [-0.4, -0.2) is 22.6 Å². The maximum absolute atomic E-state index is 10.4. The minimum absolute atomic E-state index is 0.175. The Kier molecular flexibility index (Phi) is 5.99. The third kappa shape index (κ3) is 4.97. The summed E-state index contributed by atoms with van der Waals surface area (Å²) in [4.78, 5) is 14.9. The van der Waals surface area contributed by atoms with E-state index in [2.05, 4.69) is 10.3 Å². The summed E-state index contributed by atoms with van der Waals surface area (Å²) in [6.45, 7) is 1.27. The Bertz CT molecular complexity index is 631. The van der Waals surface area contributed by atoms with Crippen molar-refractivity contribution in [1.82, 2.24) is 10.3 Å². The third-order valence-corrected chi connectivity index (χ3v) is 4.19. The highest BCUT2D eigenvalue weighted by atomic mass is 35.5. The first-order valence-electron chi connectivity index (χ1n) is 6.38. The van der Waals surface area contributed by atoms with Crippen molar-refractivity contribution in [3.8, 4) is 11.3 Å². The van der Waals surface area contributed by atoms with Gasteiger partial charge in [0.25, 0.3) is 0 Å². The monoisotopic (exact) mass is 344 g/mol. The van der Waals surface area contributed by atoms with Gasteiger partial charge in [0.05, 0.1) is 10.7 Å². The number of rotatable bonds is 7. The van der Waals surface area contributed by atoms with Crippen LogP contribution in [0.1, 0.15) is 17.8 Å². The quantitative estimate of drug-likeness (QED) is 0.743. The molecule has 0 spiro atoms. The lowest BCUT2D eigenvalue weighted by Gasteiger charge is -2.02. The molecule has 2 N–H and O–H groups in total. The molecule has 1 aromatic carbocycles. The first-order valence-corrected chi connectivity index (χ1v) is 8.02. The molecule has 0 amide bonds. The molecule has 7 heteroatoms. The number of nitrogens with zero attached hydrogens (tertiary/aromatic N) is 1. The fraction of sp³-hybridized carbons (Fsp3) is 0.286. The number of thiazole rings is 1. The van der Waals surface area contributed by atoms with Crippen LogP contribution in [0.5, 0.6) is 0 Å². The molecule has 0 bridgehead atoms. The Morgan fingerprint density at radius 3 is 2.95 bits per heavy atom. The van der Waals surface area contributed by atoms with Gasteiger partial charge in [-0.15, -0.1) is 11.3 Å². The molecule has 0 saturated carbocycles. The van der Waals surface area contributed by atoms with Gasteiger partial charge >= 0.3 is 5.97 Å². The maximum Gasteiger partial charge on any atom is 0.303 e. The van der Waals surface area contributed by atoms with Gasteiger partial charge in [0.15, 0.2) is 0 Å². The van der Waals surface area contributed by atoms with Crippen molar-refractivity contribution in [2.24, 2.45) is 0 Å². The summed E-state index contributed by atoms with van der Waals surface area (Å²) in [6, 6.07) is 5.29. The highest BCUT2D eigenvalue weighted by Gasteiger charge is 2.09. The van der Waals surface area contributed by atoms with Crippen LogP contribution >= 0.6 is 34.5 Å². The van der Waals surface area contributed by atoms with Gasteiger partial charge in [0.2, 0.25) is 0 Å². The van der Waals surface area contributed by atoms with Gasteiger partial charge in [0, 0.05) is 28.9 Å². The standard InChI is InChI=1S/C14H14Cl2N2O2S/c15-9-3-4-11(16)10(6-9)12-8-21-13(18-12)7-17-5-1-2-14(19)20/h3-4,6,8,17H,1-2,5,7H2,(H,19,20). The fourth-order valence-corrected chi connectivity index (χ4v) is 2.92. The number of carboxylic acids is 1. The van der Waals surface area contributed by atoms with Crippen molar-refractivity contribution in [3.05, 3.63) is 38.6 Å². The van der Waals surface area contributed by atoms with E-state index in [9.17, 15) is 4.79 Å². The second-order valence-corrected chi connectivity index (χ2v) is 6.21. The van der Waals surface area contributed by atoms with E-state index < -0.39 is 5.97 Å². The molecule has 1 aromatic heterocycles. The summed E-state index contributed by atoms with van der Waals surface area (Å²) in [7, 11) is 0. The van der Waals surface area contributed by atoms with Crippen LogP contribution in [-0.2, 0) is 11.3 Å². The Labute approximate surface area is 136 Å². The van der Waals surface area contributed by atoms with E-state index in [1.54, 1.807) is 18.2 Å². The van der Waals surface area contributed by atoms with Crippen LogP contribution < -0.4 is 5.32 Å². The maximum atomic E-state index is 10.4. The van der Waals surface area contributed by atoms with Gasteiger partial charge in [-0.1, -0.05) is 23.2 Å². The zero-order valence-electron chi connectivity index (χ0n) is 11.1. The fourth-order valence-electron chi connectivity index (χ4n) is 1.77. The Morgan fingerprint density at radius 1 is 1.38 bits per heavy atom. The lowest BCUT2D eigenvalue weighted by Crippen LogP contribution is -2.15. The first kappa shape index (κ1) is 16.2. The molecule has 0 aliphatic heterocycles. The van der Waals surface area contributed by atoms with Crippen molar-refractivity contribution < 1.29 is 9.90 Å². The molecule has 0 aliphatic carbocycles. The second-order valence-electron chi connectivity index (χ2n) is 4.42. The van der Waals surface area contributed by atoms with E-state index in [0.29, 0.717) is 29.6 Å². The Balaban J connectivity index is 1.92. The van der Waals surface area contributed by atoms with E-state index in [0.717, 1.165) is 16.3 Å². The van der Waals surface area contributed by atoms with Crippen LogP contribution in [0.3, 0.4) is 0 Å². The molecule has 2 rings (SSSR count). The summed E-state index contributed by atoms with van der Waals surface area (Å²) >= 11 is 13.7. The van der Waals surface area contributed by atoms with E-state index >= 15 is 0 Å². The van der Waals surface area contributed by atoms with Gasteiger partial charge in [-0.3, -0.25) is 4.79 Å². The summed E-state index contributed by atoms with van der Waals surface area (Å²) in [5.41, 5.74) is 1.62. The predicted molar refractivity (Wildman–Crippen MR) is 86.1 cm³/mol. The van der Waals surface area contributed by atoms with Crippen LogP contribution in [0.25, 0.3) is 11.3 Å². The number of hydrogen-bond donors (Lipinski definition) is 2. The molecule has 112 valence electrons. The van der Waals surface area contributed by atoms with E-state index in [1.807, 2.05) is 5.38 Å². The van der Waals surface area contributed by atoms with Crippen molar-refractivity contribution in [3.63, 3.8) is 0 Å². The van der Waals surface area contributed by atoms with Gasteiger partial charge in [-0.05, 0) is 31.2 Å². The number of aliphatic carboxylic acids is 1. The number of halogens is 2. The Morgan fingerprint density at radius 2 is 2.19 bits per heavy atom. The minimum atomic E-state index is -0.774. The molecule has 0 aliphatic rings. The van der Waals surface area contributed by atoms with Crippen LogP contribution in [0.15, 0.2) is 23.6 Å². The topological polar surface area (TPSA) is 62.2 Å². The SMILES string of the molecule is O=C(O)CCCNCc1nc(-c2cc(Cl)ccc2Cl)cs1. The molecular weight excluding hydrogens is 331 g/mol. The van der Waals surface area contributed by atoms with Crippen molar-refractivity contribution in [2.75, 3.05) is 6.54 Å². The van der Waals surface area contributed by atoms with Crippen LogP contribution in [0.4, 0.5) is 0 Å². The molecule has 0 unspecified atom stereocenters. The largest absolute Gasteiger partial charge is 0.481 e. The average Bonchev–Trinajstić information content (AvgIpc) is 2.89. The normalized spacial score (nSPS) is 10.8. The molecule has 1 heterocycles. The number of carbonyl (C=O) groups is 1. The number of aromatic nitrogens is 1. The molecule has 0 atom stereocenters. The van der Waals surface area contributed by atoms with E-state index in [1.165, 1.54) is 11.3 Å². The predicted octanol–water partition coefficient (Wildman–Crippen LogP) is 4.07. The summed E-state index contributed by atoms with van der Waals surface area (Å²) in [5.74, 6) is -0.774. The molecule has 0 radical (unpaired) electrons. The highest BCUT2D eigenvalue weighted by Crippen LogP contribution is 2.31. The number of hydrogen-bond acceptors (Lipinski definition) is 4. The van der Waals surface area contributed by atoms with Gasteiger partial charge in [-0.25, -0.2) is 4.98 Å². The summed E-state index contributed by atoms with van der Waals surface area (Å²) in [6.07, 6.45) is 0.780. The minimum Gasteiger partial charge on any atom is -0.481 e. The molecule has 21 heavy (non-hydrogen) atoms. The van der Waals surface area contributed by atoms with Gasteiger partial charge in [-0.2, -0.15) is 0 Å². The highest BCUT2D eigenvalue weighted by molar-refractivity contribution is 7.09. The zero-order valence-corrected chi connectivity index (χ0v) is 13.4. The smallest absolute Gasteiger partial charge is 0.303 e. The van der Waals surface area contributed by atoms with Crippen molar-refractivity contribution in [2.45, 2.75) is 19.4 Å². The van der Waals surface area contributed by atoms with Crippen LogP contribution in [0.2, 0.25) is 10.0 Å².